The van der Waals surface area contributed by atoms with E-state index in [0.717, 1.165) is 5.56 Å². The maximum Gasteiger partial charge on any atom is 0.461 e. The third-order valence-electron chi connectivity index (χ3n) is 4.47. The van der Waals surface area contributed by atoms with Crippen molar-refractivity contribution in [1.82, 2.24) is 0 Å². The largest absolute Gasteiger partial charge is 0.461 e. The minimum absolute atomic E-state index is 0.0516. The highest BCUT2D eigenvalue weighted by Gasteiger charge is 2.52. The number of carbonyl (C=O) groups is 1. The Labute approximate surface area is 133 Å². The van der Waals surface area contributed by atoms with E-state index >= 15 is 0 Å². The van der Waals surface area contributed by atoms with Crippen LogP contribution in [-0.2, 0) is 25.4 Å². The summed E-state index contributed by atoms with van der Waals surface area (Å²) in [7, 11) is -0.380. The molecule has 1 saturated heterocycles. The van der Waals surface area contributed by atoms with Crippen molar-refractivity contribution in [2.24, 2.45) is 0 Å². The summed E-state index contributed by atoms with van der Waals surface area (Å²) in [5.74, 6) is -0.282. The van der Waals surface area contributed by atoms with Crippen LogP contribution in [0.3, 0.4) is 0 Å². The molecule has 2 rings (SSSR count). The molecule has 1 aromatic rings. The third-order valence-corrected chi connectivity index (χ3v) is 4.47. The predicted molar refractivity (Wildman–Crippen MR) is 86.4 cm³/mol. The molecule has 4 nitrogen and oxygen atoms in total. The Morgan fingerprint density at radius 2 is 1.68 bits per heavy atom. The van der Waals surface area contributed by atoms with Gasteiger partial charge in [-0.25, -0.2) is 0 Å². The van der Waals surface area contributed by atoms with Gasteiger partial charge in [0, 0.05) is 12.2 Å². The van der Waals surface area contributed by atoms with Crippen LogP contribution in [0.5, 0.6) is 0 Å². The fourth-order valence-electron chi connectivity index (χ4n) is 2.28. The Hall–Kier alpha value is -1.33. The van der Waals surface area contributed by atoms with Crippen LogP contribution in [-0.4, -0.2) is 24.3 Å². The first kappa shape index (κ1) is 17.0. The summed E-state index contributed by atoms with van der Waals surface area (Å²) in [4.78, 5) is 12.0. The molecule has 0 spiro atoms. The lowest BCUT2D eigenvalue weighted by Crippen LogP contribution is -2.41. The fourth-order valence-corrected chi connectivity index (χ4v) is 2.28. The Morgan fingerprint density at radius 1 is 1.14 bits per heavy atom. The third kappa shape index (κ3) is 3.90. The topological polar surface area (TPSA) is 44.8 Å². The van der Waals surface area contributed by atoms with Gasteiger partial charge in [0.25, 0.3) is 0 Å². The van der Waals surface area contributed by atoms with Gasteiger partial charge >= 0.3 is 13.1 Å². The van der Waals surface area contributed by atoms with Crippen molar-refractivity contribution in [2.45, 2.75) is 64.7 Å². The van der Waals surface area contributed by atoms with Gasteiger partial charge in [-0.05, 0) is 33.3 Å². The van der Waals surface area contributed by atoms with Crippen LogP contribution in [0.1, 0.15) is 46.6 Å². The first-order chi connectivity index (χ1) is 10.2. The van der Waals surface area contributed by atoms with E-state index in [1.165, 1.54) is 0 Å². The zero-order chi connectivity index (χ0) is 16.4. The SMILES string of the molecule is C[C@H](CC(=O)OCc1ccccc1)B1OC(C)(C)C(C)(C)O1. The van der Waals surface area contributed by atoms with E-state index in [-0.39, 0.29) is 36.5 Å². The standard InChI is InChI=1S/C17H25BO4/c1-13(18-21-16(2,3)17(4,5)22-18)11-15(19)20-12-14-9-7-6-8-10-14/h6-10,13H,11-12H2,1-5H3/t13-/m1/s1. The minimum atomic E-state index is -0.380. The molecule has 5 heteroatoms. The number of rotatable bonds is 5. The Kier molecular flexibility index (Phi) is 4.98. The van der Waals surface area contributed by atoms with Gasteiger partial charge in [-0.1, -0.05) is 37.3 Å². The van der Waals surface area contributed by atoms with Crippen molar-refractivity contribution in [3.8, 4) is 0 Å². The first-order valence-corrected chi connectivity index (χ1v) is 7.76. The van der Waals surface area contributed by atoms with Crippen LogP contribution >= 0.6 is 0 Å². The first-order valence-electron chi connectivity index (χ1n) is 7.76. The molecule has 1 heterocycles. The van der Waals surface area contributed by atoms with Crippen LogP contribution in [0.25, 0.3) is 0 Å². The molecule has 0 unspecified atom stereocenters. The number of hydrogen-bond acceptors (Lipinski definition) is 4. The summed E-state index contributed by atoms with van der Waals surface area (Å²) >= 11 is 0. The highest BCUT2D eigenvalue weighted by Crippen LogP contribution is 2.40. The average Bonchev–Trinajstić information content (AvgIpc) is 2.66. The van der Waals surface area contributed by atoms with E-state index in [9.17, 15) is 4.79 Å². The second kappa shape index (κ2) is 6.43. The van der Waals surface area contributed by atoms with E-state index in [0.29, 0.717) is 6.61 Å². The van der Waals surface area contributed by atoms with Crippen molar-refractivity contribution in [3.63, 3.8) is 0 Å². The normalized spacial score (nSPS) is 20.7. The Morgan fingerprint density at radius 3 is 2.23 bits per heavy atom. The molecular formula is C17H25BO4. The second-order valence-electron chi connectivity index (χ2n) is 6.95. The van der Waals surface area contributed by atoms with Gasteiger partial charge in [-0.2, -0.15) is 0 Å². The quantitative estimate of drug-likeness (QED) is 0.616. The molecule has 1 aliphatic rings. The maximum absolute atomic E-state index is 12.0. The molecule has 0 aliphatic carbocycles. The highest BCUT2D eigenvalue weighted by molar-refractivity contribution is 6.47. The summed E-state index contributed by atoms with van der Waals surface area (Å²) in [5, 5.41) is 0. The van der Waals surface area contributed by atoms with E-state index in [4.69, 9.17) is 14.0 Å². The van der Waals surface area contributed by atoms with E-state index in [1.807, 2.05) is 65.0 Å². The second-order valence-corrected chi connectivity index (χ2v) is 6.95. The van der Waals surface area contributed by atoms with Crippen molar-refractivity contribution in [1.29, 1.82) is 0 Å². The van der Waals surface area contributed by atoms with E-state index < -0.39 is 0 Å². The lowest BCUT2D eigenvalue weighted by molar-refractivity contribution is -0.145. The molecule has 120 valence electrons. The smallest absolute Gasteiger partial charge is 0.461 e. The molecule has 0 saturated carbocycles. The Balaban J connectivity index is 1.82. The molecule has 1 fully saturated rings. The van der Waals surface area contributed by atoms with Crippen LogP contribution in [0.2, 0.25) is 5.82 Å². The summed E-state index contributed by atoms with van der Waals surface area (Å²) in [5.41, 5.74) is 0.235. The molecule has 0 N–H and O–H groups in total. The van der Waals surface area contributed by atoms with Crippen molar-refractivity contribution < 1.29 is 18.8 Å². The predicted octanol–water partition coefficient (Wildman–Crippen LogP) is 3.60. The molecule has 1 aliphatic heterocycles. The highest BCUT2D eigenvalue weighted by atomic mass is 16.7. The van der Waals surface area contributed by atoms with Gasteiger partial charge < -0.3 is 14.0 Å². The molecule has 0 amide bonds. The zero-order valence-corrected chi connectivity index (χ0v) is 14.1. The van der Waals surface area contributed by atoms with Gasteiger partial charge in [0.1, 0.15) is 6.61 Å². The molecule has 0 bridgehead atoms. The summed E-state index contributed by atoms with van der Waals surface area (Å²) in [6.07, 6.45) is 0.281. The van der Waals surface area contributed by atoms with Gasteiger partial charge in [0.2, 0.25) is 0 Å². The van der Waals surface area contributed by atoms with Crippen LogP contribution in [0, 0.1) is 0 Å². The van der Waals surface area contributed by atoms with E-state index in [2.05, 4.69) is 0 Å². The number of esters is 1. The monoisotopic (exact) mass is 304 g/mol. The lowest BCUT2D eigenvalue weighted by atomic mass is 9.71. The summed E-state index contributed by atoms with van der Waals surface area (Å²) in [6, 6.07) is 9.66. The minimum Gasteiger partial charge on any atom is -0.461 e. The Bertz CT molecular complexity index is 497. The number of benzene rings is 1. The van der Waals surface area contributed by atoms with Gasteiger partial charge in [0.15, 0.2) is 0 Å². The maximum atomic E-state index is 12.0. The number of ether oxygens (including phenoxy) is 1. The molecule has 22 heavy (non-hydrogen) atoms. The number of hydrogen-bond donors (Lipinski definition) is 0. The fraction of sp³-hybridized carbons (Fsp3) is 0.588. The van der Waals surface area contributed by atoms with Crippen LogP contribution in [0.4, 0.5) is 0 Å². The van der Waals surface area contributed by atoms with Crippen molar-refractivity contribution in [3.05, 3.63) is 35.9 Å². The van der Waals surface area contributed by atoms with Gasteiger partial charge in [-0.3, -0.25) is 4.79 Å². The number of carbonyl (C=O) groups excluding carboxylic acids is 1. The lowest BCUT2D eigenvalue weighted by Gasteiger charge is -2.32. The molecule has 0 aromatic heterocycles. The van der Waals surface area contributed by atoms with E-state index in [1.54, 1.807) is 0 Å². The van der Waals surface area contributed by atoms with Crippen LogP contribution < -0.4 is 0 Å². The zero-order valence-electron chi connectivity index (χ0n) is 14.1. The van der Waals surface area contributed by atoms with Crippen molar-refractivity contribution >= 4 is 13.1 Å². The van der Waals surface area contributed by atoms with Gasteiger partial charge in [0.05, 0.1) is 11.2 Å². The molecule has 1 aromatic carbocycles. The average molecular weight is 304 g/mol. The molecular weight excluding hydrogens is 279 g/mol. The van der Waals surface area contributed by atoms with Crippen LogP contribution in [0.15, 0.2) is 30.3 Å². The summed E-state index contributed by atoms with van der Waals surface area (Å²) in [6.45, 7) is 10.3. The molecule has 1 atom stereocenters. The molecule has 0 radical (unpaired) electrons. The van der Waals surface area contributed by atoms with Gasteiger partial charge in [-0.15, -0.1) is 0 Å². The summed E-state index contributed by atoms with van der Waals surface area (Å²) < 4.78 is 17.2. The van der Waals surface area contributed by atoms with Crippen molar-refractivity contribution in [2.75, 3.05) is 0 Å².